The lowest BCUT2D eigenvalue weighted by molar-refractivity contribution is -0.200. The second kappa shape index (κ2) is 10.2. The average Bonchev–Trinajstić information content (AvgIpc) is 3.64. The number of carbonyl (C=O) groups is 1. The molecule has 2 aliphatic carbocycles. The van der Waals surface area contributed by atoms with E-state index >= 15 is 0 Å². The molecule has 4 atom stereocenters. The van der Waals surface area contributed by atoms with Crippen molar-refractivity contribution in [3.05, 3.63) is 70.8 Å². The van der Waals surface area contributed by atoms with Crippen LogP contribution in [0.25, 0.3) is 0 Å². The lowest BCUT2D eigenvalue weighted by Gasteiger charge is -2.44. The maximum Gasteiger partial charge on any atom is 0.252 e. The second-order valence-electron chi connectivity index (χ2n) is 8.85. The molecule has 4 rings (SSSR count). The van der Waals surface area contributed by atoms with Crippen molar-refractivity contribution in [1.29, 1.82) is 5.26 Å². The Morgan fingerprint density at radius 3 is 2.59 bits per heavy atom. The van der Waals surface area contributed by atoms with Crippen LogP contribution in [0.2, 0.25) is 0 Å². The van der Waals surface area contributed by atoms with Crippen LogP contribution in [0.15, 0.2) is 42.5 Å². The molecule has 34 heavy (non-hydrogen) atoms. The molecule has 0 aromatic heterocycles. The van der Waals surface area contributed by atoms with Gasteiger partial charge < -0.3 is 25.0 Å². The topological polar surface area (TPSA) is 112 Å². The molecule has 3 N–H and O–H groups in total. The van der Waals surface area contributed by atoms with Crippen molar-refractivity contribution in [1.82, 2.24) is 5.32 Å². The number of nitriles is 1. The first kappa shape index (κ1) is 24.2. The van der Waals surface area contributed by atoms with Crippen molar-refractivity contribution < 1.29 is 33.3 Å². The Morgan fingerprint density at radius 1 is 1.12 bits per heavy atom. The SMILES string of the molecule is N#Cc1ccccc1CO[C@@]1(C(=O)NC2CC2)C[C@@H](O)[C@@H](O)[C@@H](OCc2ccc(F)cc2F)C1. The summed E-state index contributed by atoms with van der Waals surface area (Å²) in [7, 11) is 0. The van der Waals surface area contributed by atoms with Crippen molar-refractivity contribution >= 4 is 5.91 Å². The van der Waals surface area contributed by atoms with E-state index in [1.54, 1.807) is 24.3 Å². The van der Waals surface area contributed by atoms with Crippen molar-refractivity contribution in [2.24, 2.45) is 0 Å². The van der Waals surface area contributed by atoms with Crippen LogP contribution in [0.1, 0.15) is 42.4 Å². The first-order valence-corrected chi connectivity index (χ1v) is 11.2. The molecule has 180 valence electrons. The molecule has 2 saturated carbocycles. The summed E-state index contributed by atoms with van der Waals surface area (Å²) in [6.45, 7) is -0.359. The molecular weight excluding hydrogens is 446 g/mol. The zero-order chi connectivity index (χ0) is 24.3. The van der Waals surface area contributed by atoms with Crippen molar-refractivity contribution in [2.75, 3.05) is 0 Å². The fraction of sp³-hybridized carbons (Fsp3) is 0.440. The molecule has 2 aromatic rings. The summed E-state index contributed by atoms with van der Waals surface area (Å²) in [6, 6.07) is 12.0. The van der Waals surface area contributed by atoms with E-state index in [1.165, 1.54) is 6.07 Å². The number of aliphatic hydroxyl groups excluding tert-OH is 2. The highest BCUT2D eigenvalue weighted by molar-refractivity contribution is 5.86. The third-order valence-corrected chi connectivity index (χ3v) is 6.28. The molecule has 1 amide bonds. The molecule has 0 unspecified atom stereocenters. The molecule has 0 spiro atoms. The highest BCUT2D eigenvalue weighted by atomic mass is 19.1. The number of halogens is 2. The number of hydrogen-bond donors (Lipinski definition) is 3. The van der Waals surface area contributed by atoms with E-state index in [0.717, 1.165) is 25.0 Å². The van der Waals surface area contributed by atoms with Crippen molar-refractivity contribution in [2.45, 2.75) is 68.9 Å². The van der Waals surface area contributed by atoms with Crippen LogP contribution in [0.4, 0.5) is 8.78 Å². The summed E-state index contributed by atoms with van der Waals surface area (Å²) < 4.78 is 39.0. The van der Waals surface area contributed by atoms with Gasteiger partial charge in [0.15, 0.2) is 5.60 Å². The Morgan fingerprint density at radius 2 is 1.88 bits per heavy atom. The minimum absolute atomic E-state index is 0.0241. The zero-order valence-corrected chi connectivity index (χ0v) is 18.4. The summed E-state index contributed by atoms with van der Waals surface area (Å²) in [6.07, 6.45) is -2.31. The summed E-state index contributed by atoms with van der Waals surface area (Å²) in [4.78, 5) is 13.3. The summed E-state index contributed by atoms with van der Waals surface area (Å²) in [5, 5.41) is 33.4. The Bertz CT molecular complexity index is 1090. The highest BCUT2D eigenvalue weighted by Gasteiger charge is 2.52. The second-order valence-corrected chi connectivity index (χ2v) is 8.85. The Hall–Kier alpha value is -2.90. The minimum atomic E-state index is -1.53. The van der Waals surface area contributed by atoms with Crippen molar-refractivity contribution in [3.63, 3.8) is 0 Å². The van der Waals surface area contributed by atoms with E-state index in [-0.39, 0.29) is 37.7 Å². The van der Waals surface area contributed by atoms with E-state index in [1.807, 2.05) is 0 Å². The third kappa shape index (κ3) is 5.42. The number of aliphatic hydroxyl groups is 2. The van der Waals surface area contributed by atoms with Gasteiger partial charge in [-0.1, -0.05) is 24.3 Å². The number of amides is 1. The van der Waals surface area contributed by atoms with Gasteiger partial charge in [0.1, 0.15) is 17.7 Å². The molecule has 0 heterocycles. The standard InChI is InChI=1S/C25H26F2N2O5/c26-18-6-5-17(20(27)9-18)13-33-22-11-25(10-21(30)23(22)31,24(32)29-19-7-8-19)34-14-16-4-2-1-3-15(16)12-28/h1-6,9,19,21-23,30-31H,7-8,10-11,13-14H2,(H,29,32)/t21-,22+,23-,25+/m1/s1. The van der Waals surface area contributed by atoms with Gasteiger partial charge in [-0.05, 0) is 30.5 Å². The molecule has 9 heteroatoms. The highest BCUT2D eigenvalue weighted by Crippen LogP contribution is 2.37. The first-order valence-electron chi connectivity index (χ1n) is 11.2. The normalized spacial score (nSPS) is 26.6. The van der Waals surface area contributed by atoms with Crippen LogP contribution < -0.4 is 5.32 Å². The summed E-state index contributed by atoms with van der Waals surface area (Å²) in [5.41, 5.74) is -0.479. The maximum atomic E-state index is 14.0. The quantitative estimate of drug-likeness (QED) is 0.544. The average molecular weight is 472 g/mol. The van der Waals surface area contributed by atoms with Gasteiger partial charge in [-0.2, -0.15) is 5.26 Å². The smallest absolute Gasteiger partial charge is 0.252 e. The number of hydrogen-bond acceptors (Lipinski definition) is 6. The summed E-state index contributed by atoms with van der Waals surface area (Å²) >= 11 is 0. The van der Waals surface area contributed by atoms with Gasteiger partial charge in [0, 0.05) is 30.5 Å². The first-order chi connectivity index (χ1) is 16.3. The van der Waals surface area contributed by atoms with Gasteiger partial charge in [-0.15, -0.1) is 0 Å². The molecule has 2 aliphatic rings. The third-order valence-electron chi connectivity index (χ3n) is 6.28. The minimum Gasteiger partial charge on any atom is -0.390 e. The van der Waals surface area contributed by atoms with Gasteiger partial charge in [0.25, 0.3) is 5.91 Å². The van der Waals surface area contributed by atoms with Gasteiger partial charge >= 0.3 is 0 Å². The van der Waals surface area contributed by atoms with E-state index in [2.05, 4.69) is 11.4 Å². The summed E-state index contributed by atoms with van der Waals surface area (Å²) in [5.74, 6) is -1.96. The molecule has 0 saturated heterocycles. The molecule has 0 aliphatic heterocycles. The molecule has 0 radical (unpaired) electrons. The van der Waals surface area contributed by atoms with Gasteiger partial charge in [-0.25, -0.2) is 8.78 Å². The number of rotatable bonds is 8. The number of ether oxygens (including phenoxy) is 2. The van der Waals surface area contributed by atoms with Crippen LogP contribution in [0.5, 0.6) is 0 Å². The predicted octanol–water partition coefficient (Wildman–Crippen LogP) is 2.47. The zero-order valence-electron chi connectivity index (χ0n) is 18.4. The molecule has 2 fully saturated rings. The molecule has 2 aromatic carbocycles. The van der Waals surface area contributed by atoms with Crippen LogP contribution in [-0.2, 0) is 27.5 Å². The lowest BCUT2D eigenvalue weighted by Crippen LogP contribution is -2.61. The van der Waals surface area contributed by atoms with Gasteiger partial charge in [0.05, 0.1) is 37.1 Å². The van der Waals surface area contributed by atoms with Crippen LogP contribution >= 0.6 is 0 Å². The molecular formula is C25H26F2N2O5. The fourth-order valence-electron chi connectivity index (χ4n) is 4.11. The fourth-order valence-corrected chi connectivity index (χ4v) is 4.11. The Balaban J connectivity index is 1.55. The lowest BCUT2D eigenvalue weighted by atomic mass is 9.78. The predicted molar refractivity (Wildman–Crippen MR) is 116 cm³/mol. The van der Waals surface area contributed by atoms with Gasteiger partial charge in [-0.3, -0.25) is 4.79 Å². The van der Waals surface area contributed by atoms with Crippen LogP contribution in [-0.4, -0.2) is 46.1 Å². The van der Waals surface area contributed by atoms with E-state index < -0.39 is 41.5 Å². The van der Waals surface area contributed by atoms with Crippen molar-refractivity contribution in [3.8, 4) is 6.07 Å². The largest absolute Gasteiger partial charge is 0.390 e. The van der Waals surface area contributed by atoms with Crippen LogP contribution in [0.3, 0.4) is 0 Å². The number of carbonyl (C=O) groups excluding carboxylic acids is 1. The van der Waals surface area contributed by atoms with Gasteiger partial charge in [0.2, 0.25) is 0 Å². The molecule has 0 bridgehead atoms. The Labute approximate surface area is 195 Å². The van der Waals surface area contributed by atoms with E-state index in [0.29, 0.717) is 11.1 Å². The monoisotopic (exact) mass is 472 g/mol. The van der Waals surface area contributed by atoms with E-state index in [9.17, 15) is 29.1 Å². The molecule has 7 nitrogen and oxygen atoms in total. The number of nitrogens with zero attached hydrogens (tertiary/aromatic N) is 1. The number of nitrogens with one attached hydrogen (secondary N) is 1. The number of benzene rings is 2. The van der Waals surface area contributed by atoms with E-state index in [4.69, 9.17) is 9.47 Å². The maximum absolute atomic E-state index is 14.0. The Kier molecular flexibility index (Phi) is 7.24. The van der Waals surface area contributed by atoms with Crippen LogP contribution in [0, 0.1) is 23.0 Å².